The fourth-order valence-corrected chi connectivity index (χ4v) is 6.49. The summed E-state index contributed by atoms with van der Waals surface area (Å²) in [6, 6.07) is -0.734. The number of nitrogens with zero attached hydrogens (tertiary/aromatic N) is 2. The molecule has 1 unspecified atom stereocenters. The van der Waals surface area contributed by atoms with E-state index in [9.17, 15) is 18.0 Å². The summed E-state index contributed by atoms with van der Waals surface area (Å²) in [6.45, 7) is 3.20. The van der Waals surface area contributed by atoms with Crippen LogP contribution in [0.2, 0.25) is 0 Å². The number of likely N-dealkylation sites (tertiary alicyclic amines) is 1. The molecular weight excluding hydrogens is 414 g/mol. The third-order valence-corrected chi connectivity index (χ3v) is 7.67. The Kier molecular flexibility index (Phi) is 7.84. The molecule has 1 N–H and O–H groups in total. The van der Waals surface area contributed by atoms with Crippen LogP contribution in [0.4, 0.5) is 0 Å². The van der Waals surface area contributed by atoms with Gasteiger partial charge < -0.3 is 10.2 Å². The molecule has 0 aliphatic carbocycles. The summed E-state index contributed by atoms with van der Waals surface area (Å²) in [5.74, 6) is -1.33. The molecule has 3 rings (SSSR count). The lowest BCUT2D eigenvalue weighted by Crippen LogP contribution is -2.62. The van der Waals surface area contributed by atoms with Crippen molar-refractivity contribution < 1.29 is 21.9 Å². The molecule has 162 valence electrons. The highest BCUT2D eigenvalue weighted by atomic mass is 35.5. The summed E-state index contributed by atoms with van der Waals surface area (Å²) in [5.41, 5.74) is 0. The minimum atomic E-state index is -3.93. The highest BCUT2D eigenvalue weighted by Crippen LogP contribution is 2.43. The Balaban J connectivity index is 0.00000300. The van der Waals surface area contributed by atoms with Gasteiger partial charge in [0.25, 0.3) is 0 Å². The van der Waals surface area contributed by atoms with Crippen LogP contribution in [0.25, 0.3) is 0 Å². The van der Waals surface area contributed by atoms with Crippen LogP contribution in [-0.2, 0) is 19.6 Å². The largest absolute Gasteiger partial charge is 0.354 e. The average Bonchev–Trinajstić information content (AvgIpc) is 3.06. The Morgan fingerprint density at radius 3 is 2.48 bits per heavy atom. The van der Waals surface area contributed by atoms with Gasteiger partial charge in [-0.05, 0) is 25.0 Å². The van der Waals surface area contributed by atoms with Crippen LogP contribution in [0, 0.1) is 5.92 Å². The van der Waals surface area contributed by atoms with Gasteiger partial charge in [-0.2, -0.15) is 8.42 Å². The molecular formula is C20H31ClN3O4S+. The van der Waals surface area contributed by atoms with Crippen molar-refractivity contribution in [3.63, 3.8) is 0 Å². The monoisotopic (exact) mass is 444 g/mol. The number of quaternary nitrogens is 1. The van der Waals surface area contributed by atoms with Crippen molar-refractivity contribution in [3.05, 3.63) is 36.7 Å². The molecule has 7 nitrogen and oxygen atoms in total. The van der Waals surface area contributed by atoms with Gasteiger partial charge in [-0.15, -0.1) is 12.4 Å². The van der Waals surface area contributed by atoms with Gasteiger partial charge in [0.15, 0.2) is 0 Å². The zero-order chi connectivity index (χ0) is 20.4. The smallest absolute Gasteiger partial charge is 0.341 e. The van der Waals surface area contributed by atoms with Gasteiger partial charge in [-0.3, -0.25) is 0 Å². The van der Waals surface area contributed by atoms with E-state index in [1.165, 1.54) is 0 Å². The number of fused-ring (bicyclic) bond motifs is 1. The SMILES string of the molecule is CCC[C@H]1C(=O)[N+](C(=O)CCCN2C=CC=CC=C2)(S(C)(=O)=O)[C@H]2CCN[C@H]12.Cl. The van der Waals surface area contributed by atoms with E-state index in [4.69, 9.17) is 0 Å². The average molecular weight is 445 g/mol. The summed E-state index contributed by atoms with van der Waals surface area (Å²) in [7, 11) is -3.93. The topological polar surface area (TPSA) is 83.6 Å². The van der Waals surface area contributed by atoms with E-state index in [2.05, 4.69) is 5.32 Å². The van der Waals surface area contributed by atoms with Crippen LogP contribution in [0.3, 0.4) is 0 Å². The predicted molar refractivity (Wildman–Crippen MR) is 114 cm³/mol. The molecule has 4 atom stereocenters. The molecule has 3 aliphatic rings. The molecule has 9 heteroatoms. The number of rotatable bonds is 7. The second-order valence-corrected chi connectivity index (χ2v) is 9.81. The zero-order valence-electron chi connectivity index (χ0n) is 17.0. The van der Waals surface area contributed by atoms with Crippen molar-refractivity contribution in [2.45, 2.75) is 51.1 Å². The predicted octanol–water partition coefficient (Wildman–Crippen LogP) is 2.08. The number of sulfonamides is 1. The van der Waals surface area contributed by atoms with Crippen molar-refractivity contribution in [3.8, 4) is 0 Å². The van der Waals surface area contributed by atoms with Gasteiger partial charge in [0.05, 0.1) is 24.6 Å². The third-order valence-electron chi connectivity index (χ3n) is 5.97. The van der Waals surface area contributed by atoms with Crippen molar-refractivity contribution in [1.29, 1.82) is 0 Å². The van der Waals surface area contributed by atoms with Crippen LogP contribution in [-0.4, -0.2) is 60.4 Å². The number of carbonyl (C=O) groups excluding carboxylic acids is 2. The molecule has 3 aliphatic heterocycles. The highest BCUT2D eigenvalue weighted by Gasteiger charge is 2.70. The molecule has 2 saturated heterocycles. The Morgan fingerprint density at radius 1 is 1.24 bits per heavy atom. The van der Waals surface area contributed by atoms with E-state index in [0.29, 0.717) is 32.4 Å². The number of allylic oxidation sites excluding steroid dienone is 4. The molecule has 0 aromatic carbocycles. The second kappa shape index (κ2) is 9.55. The molecule has 0 bridgehead atoms. The molecule has 3 heterocycles. The summed E-state index contributed by atoms with van der Waals surface area (Å²) < 4.78 is 24.7. The Morgan fingerprint density at radius 2 is 1.90 bits per heavy atom. The van der Waals surface area contributed by atoms with Crippen molar-refractivity contribution in [2.75, 3.05) is 19.3 Å². The van der Waals surface area contributed by atoms with Crippen LogP contribution in [0.5, 0.6) is 0 Å². The van der Waals surface area contributed by atoms with Crippen LogP contribution >= 0.6 is 12.4 Å². The molecule has 2 fully saturated rings. The Bertz CT molecular complexity index is 808. The second-order valence-electron chi connectivity index (χ2n) is 7.76. The maximum Gasteiger partial charge on any atom is 0.341 e. The minimum Gasteiger partial charge on any atom is -0.354 e. The number of hydrogen-bond acceptors (Lipinski definition) is 6. The first-order valence-electron chi connectivity index (χ1n) is 10.0. The van der Waals surface area contributed by atoms with Crippen LogP contribution in [0.1, 0.15) is 39.0 Å². The highest BCUT2D eigenvalue weighted by molar-refractivity contribution is 7.85. The molecule has 0 spiro atoms. The van der Waals surface area contributed by atoms with Gasteiger partial charge in [0, 0.05) is 31.9 Å². The lowest BCUT2D eigenvalue weighted by Gasteiger charge is -2.31. The Hall–Kier alpha value is -1.48. The summed E-state index contributed by atoms with van der Waals surface area (Å²) >= 11 is 0. The van der Waals surface area contributed by atoms with Gasteiger partial charge in [0.1, 0.15) is 6.04 Å². The first kappa shape index (κ1) is 23.8. The maximum atomic E-state index is 13.3. The first-order chi connectivity index (χ1) is 13.3. The fraction of sp³-hybridized carbons (Fsp3) is 0.600. The minimum absolute atomic E-state index is 0. The normalized spacial score (nSPS) is 30.9. The van der Waals surface area contributed by atoms with Crippen LogP contribution < -0.4 is 5.32 Å². The van der Waals surface area contributed by atoms with Gasteiger partial charge in [0.2, 0.25) is 0 Å². The summed E-state index contributed by atoms with van der Waals surface area (Å²) in [5, 5.41) is 3.29. The van der Waals surface area contributed by atoms with Crippen LogP contribution in [0.15, 0.2) is 36.7 Å². The standard InChI is InChI=1S/C20H30N3O4S.ClH/c1-3-9-16-19-17(11-12-21-19)23(20(16)25,28(2,26)27)18(24)10-8-15-22-13-6-4-5-7-14-22;/h4-7,13-14,16-17,19,21H,3,8-12,15H2,1-2H3;1H/q+1;/t16-,17+,19-,23?;/m1./s1. The number of hydrogen-bond donors (Lipinski definition) is 1. The van der Waals surface area contributed by atoms with E-state index in [1.54, 1.807) is 0 Å². The maximum absolute atomic E-state index is 13.3. The van der Waals surface area contributed by atoms with E-state index >= 15 is 0 Å². The lowest BCUT2D eigenvalue weighted by atomic mass is 9.95. The van der Waals surface area contributed by atoms with Crippen molar-refractivity contribution in [1.82, 2.24) is 10.2 Å². The number of imide groups is 1. The molecule has 0 aromatic heterocycles. The number of halogens is 1. The van der Waals surface area contributed by atoms with Gasteiger partial charge in [-0.1, -0.05) is 29.4 Å². The molecule has 29 heavy (non-hydrogen) atoms. The van der Waals surface area contributed by atoms with E-state index in [0.717, 1.165) is 12.7 Å². The first-order valence-corrected chi connectivity index (χ1v) is 11.9. The lowest BCUT2D eigenvalue weighted by molar-refractivity contribution is -0.669. The summed E-state index contributed by atoms with van der Waals surface area (Å²) in [6.07, 6.45) is 14.9. The van der Waals surface area contributed by atoms with Crippen molar-refractivity contribution >= 4 is 34.2 Å². The zero-order valence-corrected chi connectivity index (χ0v) is 18.6. The van der Waals surface area contributed by atoms with E-state index in [1.807, 2.05) is 48.5 Å². The third kappa shape index (κ3) is 4.21. The van der Waals surface area contributed by atoms with Gasteiger partial charge in [-0.25, -0.2) is 9.59 Å². The Labute approximate surface area is 179 Å². The van der Waals surface area contributed by atoms with Gasteiger partial charge >= 0.3 is 21.8 Å². The number of amides is 2. The van der Waals surface area contributed by atoms with Crippen molar-refractivity contribution in [2.24, 2.45) is 5.92 Å². The molecule has 2 amide bonds. The molecule has 0 saturated carbocycles. The number of carbonyl (C=O) groups is 2. The number of nitrogens with one attached hydrogen (secondary N) is 1. The quantitative estimate of drug-likeness (QED) is 0.605. The van der Waals surface area contributed by atoms with E-state index in [-0.39, 0.29) is 24.9 Å². The summed E-state index contributed by atoms with van der Waals surface area (Å²) in [4.78, 5) is 28.6. The molecule has 0 aromatic rings. The molecule has 0 radical (unpaired) electrons. The van der Waals surface area contributed by atoms with E-state index < -0.39 is 37.7 Å². The fourth-order valence-electron chi connectivity index (χ4n) is 4.84.